The quantitative estimate of drug-likeness (QED) is 0.696. The Morgan fingerprint density at radius 1 is 0.821 bits per heavy atom. The molecule has 1 aliphatic rings. The number of hydrogen-bond acceptors (Lipinski definition) is 3. The van der Waals surface area contributed by atoms with Crippen LogP contribution in [0.1, 0.15) is 17.6 Å². The number of amides is 1. The number of aromatic nitrogens is 1. The zero-order chi connectivity index (χ0) is 19.5. The fourth-order valence-electron chi connectivity index (χ4n) is 3.70. The van der Waals surface area contributed by atoms with E-state index in [0.29, 0.717) is 31.9 Å². The van der Waals surface area contributed by atoms with E-state index in [1.807, 2.05) is 41.3 Å². The molecule has 0 radical (unpaired) electrons. The molecule has 1 amide bonds. The van der Waals surface area contributed by atoms with E-state index in [1.54, 1.807) is 27.8 Å². The number of fused-ring (bicyclic) bond motifs is 1. The molecule has 3 aromatic rings. The molecule has 0 atom stereocenters. The summed E-state index contributed by atoms with van der Waals surface area (Å²) in [7, 11) is 0. The molecule has 0 spiro atoms. The molecule has 0 unspecified atom stereocenters. The fraction of sp³-hybridized carbons (Fsp3) is 0.273. The van der Waals surface area contributed by atoms with Gasteiger partial charge >= 0.3 is 0 Å². The van der Waals surface area contributed by atoms with Gasteiger partial charge in [-0.2, -0.15) is 0 Å². The summed E-state index contributed by atoms with van der Waals surface area (Å²) in [5.74, 6) is -0.357. The minimum absolute atomic E-state index is 0.0296. The van der Waals surface area contributed by atoms with Gasteiger partial charge in [0.1, 0.15) is 5.82 Å². The Balaban J connectivity index is 1.31. The summed E-state index contributed by atoms with van der Waals surface area (Å²) in [4.78, 5) is 28.8. The van der Waals surface area contributed by atoms with Crippen LogP contribution in [-0.2, 0) is 4.79 Å². The number of benzene rings is 2. The van der Waals surface area contributed by atoms with Gasteiger partial charge in [-0.05, 0) is 24.3 Å². The lowest BCUT2D eigenvalue weighted by atomic mass is 10.2. The van der Waals surface area contributed by atoms with E-state index in [9.17, 15) is 14.0 Å². The van der Waals surface area contributed by atoms with Crippen LogP contribution in [0.4, 0.5) is 10.1 Å². The van der Waals surface area contributed by atoms with Crippen molar-refractivity contribution in [2.75, 3.05) is 31.1 Å². The van der Waals surface area contributed by atoms with E-state index >= 15 is 0 Å². The number of anilines is 1. The van der Waals surface area contributed by atoms with Crippen molar-refractivity contribution in [3.8, 4) is 0 Å². The van der Waals surface area contributed by atoms with E-state index in [4.69, 9.17) is 0 Å². The summed E-state index contributed by atoms with van der Waals surface area (Å²) < 4.78 is 15.5. The van der Waals surface area contributed by atoms with Gasteiger partial charge in [0.2, 0.25) is 11.8 Å². The number of carbonyl (C=O) groups is 2. The normalized spacial score (nSPS) is 14.5. The molecule has 1 fully saturated rings. The van der Waals surface area contributed by atoms with Gasteiger partial charge in [0, 0.05) is 50.6 Å². The zero-order valence-corrected chi connectivity index (χ0v) is 15.6. The van der Waals surface area contributed by atoms with Gasteiger partial charge < -0.3 is 9.80 Å². The molecule has 1 saturated heterocycles. The maximum absolute atomic E-state index is 13.9. The summed E-state index contributed by atoms with van der Waals surface area (Å²) in [6.07, 6.45) is 2.11. The Morgan fingerprint density at radius 3 is 2.29 bits per heavy atom. The van der Waals surface area contributed by atoms with Crippen LogP contribution in [0.25, 0.3) is 10.9 Å². The molecule has 2 aromatic carbocycles. The van der Waals surface area contributed by atoms with Crippen LogP contribution in [0.3, 0.4) is 0 Å². The van der Waals surface area contributed by atoms with Crippen molar-refractivity contribution >= 4 is 28.4 Å². The molecule has 0 saturated carbocycles. The number of piperazine rings is 1. The second-order valence-electron chi connectivity index (χ2n) is 6.96. The first kappa shape index (κ1) is 18.2. The highest BCUT2D eigenvalue weighted by atomic mass is 19.1. The molecular formula is C22H22FN3O2. The van der Waals surface area contributed by atoms with Crippen molar-refractivity contribution in [2.24, 2.45) is 0 Å². The maximum Gasteiger partial charge on any atom is 0.231 e. The van der Waals surface area contributed by atoms with E-state index in [1.165, 1.54) is 6.07 Å². The molecule has 1 aliphatic heterocycles. The lowest BCUT2D eigenvalue weighted by molar-refractivity contribution is -0.131. The summed E-state index contributed by atoms with van der Waals surface area (Å²) in [6, 6.07) is 16.3. The molecule has 1 aromatic heterocycles. The number of rotatable bonds is 4. The molecule has 2 heterocycles. The topological polar surface area (TPSA) is 45.6 Å². The van der Waals surface area contributed by atoms with Crippen molar-refractivity contribution in [3.63, 3.8) is 0 Å². The molecule has 6 heteroatoms. The highest BCUT2D eigenvalue weighted by Gasteiger charge is 2.23. The first-order valence-electron chi connectivity index (χ1n) is 9.50. The van der Waals surface area contributed by atoms with Crippen LogP contribution in [0, 0.1) is 5.82 Å². The fourth-order valence-corrected chi connectivity index (χ4v) is 3.70. The lowest BCUT2D eigenvalue weighted by Gasteiger charge is -2.36. The van der Waals surface area contributed by atoms with E-state index < -0.39 is 0 Å². The third kappa shape index (κ3) is 3.63. The minimum atomic E-state index is -0.244. The first-order valence-corrected chi connectivity index (χ1v) is 9.50. The molecule has 28 heavy (non-hydrogen) atoms. The van der Waals surface area contributed by atoms with Crippen LogP contribution < -0.4 is 4.90 Å². The summed E-state index contributed by atoms with van der Waals surface area (Å²) in [5, 5.41) is 1.01. The van der Waals surface area contributed by atoms with Gasteiger partial charge in [0.15, 0.2) is 0 Å². The monoisotopic (exact) mass is 379 g/mol. The van der Waals surface area contributed by atoms with Gasteiger partial charge in [-0.25, -0.2) is 4.39 Å². The van der Waals surface area contributed by atoms with Crippen LogP contribution in [-0.4, -0.2) is 47.5 Å². The summed E-state index contributed by atoms with van der Waals surface area (Å²) in [5.41, 5.74) is 1.43. The number of halogens is 1. The van der Waals surface area contributed by atoms with Crippen molar-refractivity contribution < 1.29 is 14.0 Å². The number of carbonyl (C=O) groups excluding carboxylic acids is 2. The molecule has 144 valence electrons. The Bertz CT molecular complexity index is 1010. The molecule has 5 nitrogen and oxygen atoms in total. The lowest BCUT2D eigenvalue weighted by Crippen LogP contribution is -2.49. The zero-order valence-electron chi connectivity index (χ0n) is 15.6. The maximum atomic E-state index is 13.9. The summed E-state index contributed by atoms with van der Waals surface area (Å²) in [6.45, 7) is 2.24. The average molecular weight is 379 g/mol. The smallest absolute Gasteiger partial charge is 0.231 e. The van der Waals surface area contributed by atoms with E-state index in [-0.39, 0.29) is 30.5 Å². The van der Waals surface area contributed by atoms with Crippen molar-refractivity contribution in [2.45, 2.75) is 12.8 Å². The van der Waals surface area contributed by atoms with Gasteiger partial charge in [-0.3, -0.25) is 14.2 Å². The standard InChI is InChI=1S/C22H22FN3O2/c23-18-6-2-4-8-20(18)24-13-15-25(16-14-24)21(27)9-10-22(28)26-12-11-17-5-1-3-7-19(17)26/h1-8,11-12H,9-10,13-16H2. The second-order valence-corrected chi connectivity index (χ2v) is 6.96. The predicted molar refractivity (Wildman–Crippen MR) is 107 cm³/mol. The number of para-hydroxylation sites is 2. The third-order valence-electron chi connectivity index (χ3n) is 5.25. The molecule has 4 rings (SSSR count). The molecule has 0 aliphatic carbocycles. The second kappa shape index (κ2) is 7.84. The first-order chi connectivity index (χ1) is 13.6. The summed E-state index contributed by atoms with van der Waals surface area (Å²) >= 11 is 0. The largest absolute Gasteiger partial charge is 0.366 e. The number of nitrogens with zero attached hydrogens (tertiary/aromatic N) is 3. The Hall–Kier alpha value is -3.15. The van der Waals surface area contributed by atoms with Crippen LogP contribution in [0.5, 0.6) is 0 Å². The van der Waals surface area contributed by atoms with Gasteiger partial charge in [0.05, 0.1) is 11.2 Å². The third-order valence-corrected chi connectivity index (χ3v) is 5.25. The van der Waals surface area contributed by atoms with Crippen LogP contribution in [0.2, 0.25) is 0 Å². The van der Waals surface area contributed by atoms with Crippen molar-refractivity contribution in [1.82, 2.24) is 9.47 Å². The Kier molecular flexibility index (Phi) is 5.10. The van der Waals surface area contributed by atoms with E-state index in [0.717, 1.165) is 10.9 Å². The highest BCUT2D eigenvalue weighted by molar-refractivity contribution is 5.94. The van der Waals surface area contributed by atoms with Crippen LogP contribution in [0.15, 0.2) is 60.8 Å². The van der Waals surface area contributed by atoms with Crippen LogP contribution >= 0.6 is 0 Å². The molecule has 0 N–H and O–H groups in total. The minimum Gasteiger partial charge on any atom is -0.366 e. The Morgan fingerprint density at radius 2 is 1.50 bits per heavy atom. The van der Waals surface area contributed by atoms with Crippen molar-refractivity contribution in [3.05, 3.63) is 66.6 Å². The molecule has 0 bridgehead atoms. The van der Waals surface area contributed by atoms with Gasteiger partial charge in [0.25, 0.3) is 0 Å². The average Bonchev–Trinajstić information content (AvgIpc) is 3.16. The van der Waals surface area contributed by atoms with Gasteiger partial charge in [-0.1, -0.05) is 30.3 Å². The molecular weight excluding hydrogens is 357 g/mol. The highest BCUT2D eigenvalue weighted by Crippen LogP contribution is 2.21. The van der Waals surface area contributed by atoms with E-state index in [2.05, 4.69) is 0 Å². The SMILES string of the molecule is O=C(CCC(=O)n1ccc2ccccc21)N1CCN(c2ccccc2F)CC1. The van der Waals surface area contributed by atoms with Gasteiger partial charge in [-0.15, -0.1) is 0 Å². The number of hydrogen-bond donors (Lipinski definition) is 0. The Labute approximate surface area is 163 Å². The van der Waals surface area contributed by atoms with Crippen molar-refractivity contribution in [1.29, 1.82) is 0 Å². The predicted octanol–water partition coefficient (Wildman–Crippen LogP) is 3.55.